The molecule has 6 heteroatoms. The van der Waals surface area contributed by atoms with E-state index in [2.05, 4.69) is 30.2 Å². The van der Waals surface area contributed by atoms with Crippen LogP contribution in [0.1, 0.15) is 25.3 Å². The van der Waals surface area contributed by atoms with Crippen LogP contribution < -0.4 is 10.1 Å². The molecule has 4 rings (SSSR count). The van der Waals surface area contributed by atoms with E-state index in [1.807, 2.05) is 54.1 Å². The third kappa shape index (κ3) is 3.66. The Balaban J connectivity index is 1.63. The Hall–Kier alpha value is -3.05. The number of hydrogen-bond donors (Lipinski definition) is 1. The predicted octanol–water partition coefficient (Wildman–Crippen LogP) is 6.28. The third-order valence-corrected chi connectivity index (χ3v) is 4.96. The van der Waals surface area contributed by atoms with Crippen molar-refractivity contribution >= 4 is 34.3 Å². The summed E-state index contributed by atoms with van der Waals surface area (Å²) in [6.07, 6.45) is 3.41. The van der Waals surface area contributed by atoms with Crippen molar-refractivity contribution in [1.29, 1.82) is 0 Å². The van der Waals surface area contributed by atoms with Crippen molar-refractivity contribution in [2.24, 2.45) is 7.05 Å². The number of ether oxygens (including phenoxy) is 1. The number of anilines is 2. The largest absolute Gasteiger partial charge is 0.457 e. The van der Waals surface area contributed by atoms with E-state index in [0.717, 1.165) is 44.8 Å². The summed E-state index contributed by atoms with van der Waals surface area (Å²) in [5, 5.41) is 4.18. The van der Waals surface area contributed by atoms with E-state index in [1.165, 1.54) is 0 Å². The molecule has 142 valence electrons. The number of aromatic nitrogens is 3. The topological polar surface area (TPSA) is 52.0 Å². The average molecular weight is 393 g/mol. The lowest BCUT2D eigenvalue weighted by Gasteiger charge is -2.12. The quantitative estimate of drug-likeness (QED) is 0.434. The van der Waals surface area contributed by atoms with Crippen LogP contribution in [0.15, 0.2) is 60.9 Å². The number of fused-ring (bicyclic) bond motifs is 1. The van der Waals surface area contributed by atoms with Crippen LogP contribution in [0.2, 0.25) is 5.02 Å². The summed E-state index contributed by atoms with van der Waals surface area (Å²) in [4.78, 5) is 8.74. The molecule has 2 heterocycles. The fourth-order valence-corrected chi connectivity index (χ4v) is 3.43. The third-order valence-electron chi connectivity index (χ3n) is 4.61. The minimum Gasteiger partial charge on any atom is -0.457 e. The first-order valence-corrected chi connectivity index (χ1v) is 9.50. The lowest BCUT2D eigenvalue weighted by molar-refractivity contribution is 0.482. The van der Waals surface area contributed by atoms with Gasteiger partial charge in [0.15, 0.2) is 0 Å². The van der Waals surface area contributed by atoms with Crippen LogP contribution in [0.3, 0.4) is 0 Å². The van der Waals surface area contributed by atoms with Gasteiger partial charge in [-0.25, -0.2) is 4.98 Å². The molecule has 5 nitrogen and oxygen atoms in total. The van der Waals surface area contributed by atoms with E-state index < -0.39 is 0 Å². The molecule has 1 N–H and O–H groups in total. The van der Waals surface area contributed by atoms with Crippen LogP contribution in [0, 0.1) is 0 Å². The Morgan fingerprint density at radius 3 is 2.54 bits per heavy atom. The molecule has 0 fully saturated rings. The molecule has 0 atom stereocenters. The standard InChI is InChI=1S/C22H21ClN4O/c1-14(2)18-12-15(4-6-19(18)23)25-22-26-20-13-17(5-7-21(20)27(22)3)28-16-8-10-24-11-9-16/h4-14H,1-3H3,(H,25,26). The molecule has 2 aromatic heterocycles. The van der Waals surface area contributed by atoms with Crippen LogP contribution in [0.4, 0.5) is 11.6 Å². The lowest BCUT2D eigenvalue weighted by atomic mass is 10.0. The SMILES string of the molecule is CC(C)c1cc(Nc2nc3cc(Oc4ccncc4)ccc3n2C)ccc1Cl. The molecule has 0 aliphatic heterocycles. The fraction of sp³-hybridized carbons (Fsp3) is 0.182. The summed E-state index contributed by atoms with van der Waals surface area (Å²) < 4.78 is 7.91. The summed E-state index contributed by atoms with van der Waals surface area (Å²) in [6.45, 7) is 4.26. The average Bonchev–Trinajstić information content (AvgIpc) is 2.99. The van der Waals surface area contributed by atoms with Crippen molar-refractivity contribution < 1.29 is 4.74 Å². The number of nitrogens with zero attached hydrogens (tertiary/aromatic N) is 3. The first-order valence-electron chi connectivity index (χ1n) is 9.12. The minimum atomic E-state index is 0.350. The monoisotopic (exact) mass is 392 g/mol. The van der Waals surface area contributed by atoms with Crippen LogP contribution >= 0.6 is 11.6 Å². The van der Waals surface area contributed by atoms with Crippen molar-refractivity contribution in [2.75, 3.05) is 5.32 Å². The number of pyridine rings is 1. The van der Waals surface area contributed by atoms with E-state index in [-0.39, 0.29) is 0 Å². The van der Waals surface area contributed by atoms with Gasteiger partial charge < -0.3 is 14.6 Å². The molecular formula is C22H21ClN4O. The number of aryl methyl sites for hydroxylation is 1. The maximum Gasteiger partial charge on any atom is 0.208 e. The summed E-state index contributed by atoms with van der Waals surface area (Å²) in [7, 11) is 1.99. The Bertz CT molecular complexity index is 1120. The van der Waals surface area contributed by atoms with E-state index in [9.17, 15) is 0 Å². The predicted molar refractivity (Wildman–Crippen MR) is 114 cm³/mol. The minimum absolute atomic E-state index is 0.350. The number of hydrogen-bond acceptors (Lipinski definition) is 4. The maximum absolute atomic E-state index is 6.31. The number of benzene rings is 2. The number of rotatable bonds is 5. The normalized spacial score (nSPS) is 11.2. The summed E-state index contributed by atoms with van der Waals surface area (Å²) in [6, 6.07) is 15.5. The molecule has 0 unspecified atom stereocenters. The molecule has 0 amide bonds. The van der Waals surface area contributed by atoms with E-state index in [0.29, 0.717) is 5.92 Å². The molecular weight excluding hydrogens is 372 g/mol. The molecule has 0 spiro atoms. The Labute approximate surface area is 169 Å². The first-order chi connectivity index (χ1) is 13.5. The highest BCUT2D eigenvalue weighted by Crippen LogP contribution is 2.30. The van der Waals surface area contributed by atoms with Gasteiger partial charge in [-0.2, -0.15) is 0 Å². The molecule has 0 aliphatic rings. The van der Waals surface area contributed by atoms with Gasteiger partial charge in [0.2, 0.25) is 5.95 Å². The molecule has 0 aliphatic carbocycles. The number of imidazole rings is 1. The highest BCUT2D eigenvalue weighted by Gasteiger charge is 2.11. The van der Waals surface area contributed by atoms with Gasteiger partial charge in [-0.1, -0.05) is 25.4 Å². The van der Waals surface area contributed by atoms with Gasteiger partial charge in [-0.05, 0) is 53.9 Å². The molecule has 0 radical (unpaired) electrons. The lowest BCUT2D eigenvalue weighted by Crippen LogP contribution is -2.00. The van der Waals surface area contributed by atoms with Crippen LogP contribution in [0.25, 0.3) is 11.0 Å². The number of halogens is 1. The smallest absolute Gasteiger partial charge is 0.208 e. The van der Waals surface area contributed by atoms with Crippen molar-refractivity contribution in [2.45, 2.75) is 19.8 Å². The van der Waals surface area contributed by atoms with Crippen LogP contribution in [0.5, 0.6) is 11.5 Å². The highest BCUT2D eigenvalue weighted by atomic mass is 35.5. The molecule has 0 saturated carbocycles. The zero-order valence-electron chi connectivity index (χ0n) is 16.0. The Morgan fingerprint density at radius 1 is 1.00 bits per heavy atom. The van der Waals surface area contributed by atoms with Gasteiger partial charge in [0.05, 0.1) is 11.0 Å². The summed E-state index contributed by atoms with van der Waals surface area (Å²) in [5.41, 5.74) is 3.94. The van der Waals surface area contributed by atoms with Crippen LogP contribution in [-0.2, 0) is 7.05 Å². The fourth-order valence-electron chi connectivity index (χ4n) is 3.09. The molecule has 0 bridgehead atoms. The van der Waals surface area contributed by atoms with Crippen molar-refractivity contribution in [3.8, 4) is 11.5 Å². The van der Waals surface area contributed by atoms with Crippen LogP contribution in [-0.4, -0.2) is 14.5 Å². The van der Waals surface area contributed by atoms with E-state index in [1.54, 1.807) is 12.4 Å². The van der Waals surface area contributed by atoms with Gasteiger partial charge in [0, 0.05) is 36.2 Å². The zero-order valence-corrected chi connectivity index (χ0v) is 16.7. The second-order valence-corrected chi connectivity index (χ2v) is 7.35. The summed E-state index contributed by atoms with van der Waals surface area (Å²) >= 11 is 6.31. The molecule has 4 aromatic rings. The van der Waals surface area contributed by atoms with E-state index >= 15 is 0 Å². The second kappa shape index (κ2) is 7.52. The zero-order chi connectivity index (χ0) is 19.7. The van der Waals surface area contributed by atoms with Gasteiger partial charge in [-0.15, -0.1) is 0 Å². The molecule has 28 heavy (non-hydrogen) atoms. The van der Waals surface area contributed by atoms with Crippen molar-refractivity contribution in [1.82, 2.24) is 14.5 Å². The number of nitrogens with one attached hydrogen (secondary N) is 1. The molecule has 0 saturated heterocycles. The van der Waals surface area contributed by atoms with E-state index in [4.69, 9.17) is 21.3 Å². The Morgan fingerprint density at radius 2 is 1.79 bits per heavy atom. The van der Waals surface area contributed by atoms with Gasteiger partial charge in [0.1, 0.15) is 11.5 Å². The highest BCUT2D eigenvalue weighted by molar-refractivity contribution is 6.31. The van der Waals surface area contributed by atoms with Crippen molar-refractivity contribution in [3.63, 3.8) is 0 Å². The van der Waals surface area contributed by atoms with Crippen molar-refractivity contribution in [3.05, 3.63) is 71.5 Å². The second-order valence-electron chi connectivity index (χ2n) is 6.95. The first kappa shape index (κ1) is 18.3. The Kier molecular flexibility index (Phi) is 4.92. The van der Waals surface area contributed by atoms with Gasteiger partial charge in [-0.3, -0.25) is 4.98 Å². The maximum atomic E-state index is 6.31. The van der Waals surface area contributed by atoms with Gasteiger partial charge >= 0.3 is 0 Å². The van der Waals surface area contributed by atoms with Gasteiger partial charge in [0.25, 0.3) is 0 Å². The summed E-state index contributed by atoms with van der Waals surface area (Å²) in [5.74, 6) is 2.58. The molecule has 2 aromatic carbocycles.